The van der Waals surface area contributed by atoms with Gasteiger partial charge in [0.25, 0.3) is 5.91 Å². The van der Waals surface area contributed by atoms with Crippen LogP contribution in [0.1, 0.15) is 28.2 Å². The van der Waals surface area contributed by atoms with E-state index in [4.69, 9.17) is 5.73 Å². The topological polar surface area (TPSA) is 80.9 Å². The average molecular weight is 299 g/mol. The molecule has 1 amide bonds. The molecule has 0 aliphatic rings. The highest BCUT2D eigenvalue weighted by Gasteiger charge is 2.13. The Bertz CT molecular complexity index is 532. The van der Waals surface area contributed by atoms with Gasteiger partial charge in [-0.25, -0.2) is 4.98 Å². The second-order valence-corrected chi connectivity index (χ2v) is 4.87. The van der Waals surface area contributed by atoms with Gasteiger partial charge in [-0.15, -0.1) is 23.7 Å². The molecular formula is C12H15ClN4OS. The molecule has 0 saturated carbocycles. The normalized spacial score (nSPS) is 11.4. The van der Waals surface area contributed by atoms with Gasteiger partial charge in [0.15, 0.2) is 0 Å². The summed E-state index contributed by atoms with van der Waals surface area (Å²) in [6.45, 7) is 2.55. The van der Waals surface area contributed by atoms with Gasteiger partial charge in [-0.05, 0) is 6.07 Å². The van der Waals surface area contributed by atoms with Crippen molar-refractivity contribution < 1.29 is 4.79 Å². The molecular weight excluding hydrogens is 284 g/mol. The molecule has 0 saturated heterocycles. The Balaban J connectivity index is 0.00000180. The summed E-state index contributed by atoms with van der Waals surface area (Å²) in [5.74, 6) is -0.0177. The Kier molecular flexibility index (Phi) is 5.72. The molecule has 0 aliphatic heterocycles. The number of nitrogens with two attached hydrogens (primary N) is 1. The van der Waals surface area contributed by atoms with Crippen molar-refractivity contribution >= 4 is 35.3 Å². The third kappa shape index (κ3) is 3.90. The summed E-state index contributed by atoms with van der Waals surface area (Å²) < 4.78 is 0. The van der Waals surface area contributed by atoms with Crippen LogP contribution in [0.15, 0.2) is 30.0 Å². The Labute approximate surface area is 121 Å². The van der Waals surface area contributed by atoms with Gasteiger partial charge in [-0.3, -0.25) is 9.78 Å². The lowest BCUT2D eigenvalue weighted by Crippen LogP contribution is -2.28. The van der Waals surface area contributed by atoms with E-state index in [9.17, 15) is 4.79 Å². The molecule has 2 heterocycles. The number of amides is 1. The number of nitrogens with one attached hydrogen (secondary N) is 1. The zero-order chi connectivity index (χ0) is 13.0. The van der Waals surface area contributed by atoms with E-state index < -0.39 is 0 Å². The highest BCUT2D eigenvalue weighted by Crippen LogP contribution is 2.16. The van der Waals surface area contributed by atoms with Crippen molar-refractivity contribution in [3.8, 4) is 0 Å². The number of carbonyl (C=O) groups excluding carboxylic acids is 1. The zero-order valence-electron chi connectivity index (χ0n) is 10.4. The van der Waals surface area contributed by atoms with Gasteiger partial charge in [-0.1, -0.05) is 6.92 Å². The number of halogens is 1. The zero-order valence-corrected chi connectivity index (χ0v) is 12.0. The molecule has 19 heavy (non-hydrogen) atoms. The van der Waals surface area contributed by atoms with Crippen LogP contribution in [-0.4, -0.2) is 22.4 Å². The monoisotopic (exact) mass is 298 g/mol. The van der Waals surface area contributed by atoms with Crippen molar-refractivity contribution in [1.29, 1.82) is 0 Å². The predicted octanol–water partition coefficient (Wildman–Crippen LogP) is 2.08. The van der Waals surface area contributed by atoms with Crippen molar-refractivity contribution in [1.82, 2.24) is 15.3 Å². The lowest BCUT2D eigenvalue weighted by atomic mass is 10.2. The number of rotatable bonds is 4. The third-order valence-electron chi connectivity index (χ3n) is 2.54. The van der Waals surface area contributed by atoms with Crippen LogP contribution in [-0.2, 0) is 0 Å². The van der Waals surface area contributed by atoms with Crippen LogP contribution >= 0.6 is 23.7 Å². The van der Waals surface area contributed by atoms with Gasteiger partial charge in [-0.2, -0.15) is 0 Å². The molecule has 0 aliphatic carbocycles. The maximum atomic E-state index is 11.9. The Morgan fingerprint density at radius 2 is 2.32 bits per heavy atom. The van der Waals surface area contributed by atoms with Gasteiger partial charge in [0, 0.05) is 42.1 Å². The maximum Gasteiger partial charge on any atom is 0.254 e. The molecule has 0 radical (unpaired) electrons. The lowest BCUT2D eigenvalue weighted by Gasteiger charge is -2.10. The number of nitrogen functional groups attached to an aromatic ring is 1. The minimum absolute atomic E-state index is 0. The van der Waals surface area contributed by atoms with E-state index in [1.165, 1.54) is 6.20 Å². The molecule has 3 N–H and O–H groups in total. The first-order chi connectivity index (χ1) is 8.68. The average Bonchev–Trinajstić information content (AvgIpc) is 2.90. The van der Waals surface area contributed by atoms with Crippen LogP contribution in [0.25, 0.3) is 0 Å². The SMILES string of the molecule is CC(CNC(=O)c1cnccc1N)c1nccs1.Cl. The van der Waals surface area contributed by atoms with Gasteiger partial charge < -0.3 is 11.1 Å². The van der Waals surface area contributed by atoms with Crippen molar-refractivity contribution in [3.05, 3.63) is 40.6 Å². The molecule has 5 nitrogen and oxygen atoms in total. The molecule has 2 rings (SSSR count). The highest BCUT2D eigenvalue weighted by atomic mass is 35.5. The summed E-state index contributed by atoms with van der Waals surface area (Å²) in [5.41, 5.74) is 6.55. The molecule has 2 aromatic heterocycles. The van der Waals surface area contributed by atoms with Crippen LogP contribution < -0.4 is 11.1 Å². The van der Waals surface area contributed by atoms with Gasteiger partial charge in [0.2, 0.25) is 0 Å². The fraction of sp³-hybridized carbons (Fsp3) is 0.250. The molecule has 2 aromatic rings. The molecule has 0 bridgehead atoms. The molecule has 0 fully saturated rings. The van der Waals surface area contributed by atoms with Crippen molar-refractivity contribution in [3.63, 3.8) is 0 Å². The van der Waals surface area contributed by atoms with Crippen LogP contribution in [0.5, 0.6) is 0 Å². The number of carbonyl (C=O) groups is 1. The van der Waals surface area contributed by atoms with E-state index in [1.54, 1.807) is 29.8 Å². The smallest absolute Gasteiger partial charge is 0.254 e. The standard InChI is InChI=1S/C12H14N4OS.ClH/c1-8(12-15-4-5-18-12)6-16-11(17)9-7-14-3-2-10(9)13;/h2-5,7-8H,6H2,1H3,(H2,13,14)(H,16,17);1H. The first kappa shape index (κ1) is 15.4. The molecule has 1 unspecified atom stereocenters. The molecule has 1 atom stereocenters. The Hall–Kier alpha value is -1.66. The predicted molar refractivity (Wildman–Crippen MR) is 78.8 cm³/mol. The fourth-order valence-electron chi connectivity index (χ4n) is 1.50. The van der Waals surface area contributed by atoms with E-state index in [1.807, 2.05) is 12.3 Å². The molecule has 0 spiro atoms. The van der Waals surface area contributed by atoms with E-state index in [-0.39, 0.29) is 24.2 Å². The summed E-state index contributed by atoms with van der Waals surface area (Å²) >= 11 is 1.58. The minimum atomic E-state index is -0.205. The summed E-state index contributed by atoms with van der Waals surface area (Å²) in [6, 6.07) is 1.61. The molecule has 7 heteroatoms. The number of pyridine rings is 1. The second kappa shape index (κ2) is 7.06. The van der Waals surface area contributed by atoms with Crippen LogP contribution in [0.4, 0.5) is 5.69 Å². The number of hydrogen-bond donors (Lipinski definition) is 2. The summed E-state index contributed by atoms with van der Waals surface area (Å²) in [7, 11) is 0. The van der Waals surface area contributed by atoms with Crippen molar-refractivity contribution in [2.75, 3.05) is 12.3 Å². The quantitative estimate of drug-likeness (QED) is 0.905. The summed E-state index contributed by atoms with van der Waals surface area (Å²) in [6.07, 6.45) is 4.79. The molecule has 0 aromatic carbocycles. The summed E-state index contributed by atoms with van der Waals surface area (Å²) in [4.78, 5) is 20.0. The first-order valence-corrected chi connectivity index (χ1v) is 6.43. The minimum Gasteiger partial charge on any atom is -0.398 e. The second-order valence-electron chi connectivity index (χ2n) is 3.94. The number of nitrogens with zero attached hydrogens (tertiary/aromatic N) is 2. The van der Waals surface area contributed by atoms with E-state index in [0.717, 1.165) is 5.01 Å². The number of aromatic nitrogens is 2. The number of thiazole rings is 1. The fourth-order valence-corrected chi connectivity index (χ4v) is 2.20. The van der Waals surface area contributed by atoms with Crippen molar-refractivity contribution in [2.45, 2.75) is 12.8 Å². The summed E-state index contributed by atoms with van der Waals surface area (Å²) in [5, 5.41) is 5.77. The number of hydrogen-bond acceptors (Lipinski definition) is 5. The van der Waals surface area contributed by atoms with E-state index in [0.29, 0.717) is 17.8 Å². The third-order valence-corrected chi connectivity index (χ3v) is 3.55. The van der Waals surface area contributed by atoms with E-state index >= 15 is 0 Å². The van der Waals surface area contributed by atoms with Gasteiger partial charge in [0.1, 0.15) is 0 Å². The molecule has 102 valence electrons. The number of anilines is 1. The van der Waals surface area contributed by atoms with E-state index in [2.05, 4.69) is 15.3 Å². The Morgan fingerprint density at radius 3 is 2.95 bits per heavy atom. The van der Waals surface area contributed by atoms with Gasteiger partial charge in [0.05, 0.1) is 10.6 Å². The van der Waals surface area contributed by atoms with Crippen LogP contribution in [0.2, 0.25) is 0 Å². The first-order valence-electron chi connectivity index (χ1n) is 5.55. The maximum absolute atomic E-state index is 11.9. The Morgan fingerprint density at radius 1 is 1.53 bits per heavy atom. The highest BCUT2D eigenvalue weighted by molar-refractivity contribution is 7.09. The van der Waals surface area contributed by atoms with Crippen LogP contribution in [0, 0.1) is 0 Å². The van der Waals surface area contributed by atoms with Crippen molar-refractivity contribution in [2.24, 2.45) is 0 Å². The van der Waals surface area contributed by atoms with Crippen LogP contribution in [0.3, 0.4) is 0 Å². The largest absolute Gasteiger partial charge is 0.398 e. The lowest BCUT2D eigenvalue weighted by molar-refractivity contribution is 0.0952. The van der Waals surface area contributed by atoms with Gasteiger partial charge >= 0.3 is 0 Å².